The molecule has 6 heteroatoms. The minimum Gasteiger partial charge on any atom is -0.478 e. The number of halogens is 1. The maximum absolute atomic E-state index is 11.0. The summed E-state index contributed by atoms with van der Waals surface area (Å²) in [6, 6.07) is 3.21. The second-order valence-corrected chi connectivity index (χ2v) is 5.05. The zero-order valence-corrected chi connectivity index (χ0v) is 11.1. The van der Waals surface area contributed by atoms with Crippen LogP contribution >= 0.6 is 15.9 Å². The molecule has 1 N–H and O–H groups in total. The van der Waals surface area contributed by atoms with E-state index < -0.39 is 5.97 Å². The number of aromatic carboxylic acids is 1. The van der Waals surface area contributed by atoms with Gasteiger partial charge in [0.05, 0.1) is 17.7 Å². The predicted molar refractivity (Wildman–Crippen MR) is 68.0 cm³/mol. The van der Waals surface area contributed by atoms with Gasteiger partial charge in [0, 0.05) is 18.7 Å². The summed E-state index contributed by atoms with van der Waals surface area (Å²) < 4.78 is 7.97. The van der Waals surface area contributed by atoms with E-state index in [2.05, 4.69) is 20.9 Å². The van der Waals surface area contributed by atoms with Gasteiger partial charge in [-0.1, -0.05) is 0 Å². The normalized spacial score (nSPS) is 19.5. The summed E-state index contributed by atoms with van der Waals surface area (Å²) in [5.74, 6) is 0.266. The summed E-state index contributed by atoms with van der Waals surface area (Å²) in [6.07, 6.45) is 2.70. The molecule has 5 nitrogen and oxygen atoms in total. The molecule has 0 aliphatic carbocycles. The Morgan fingerprint density at radius 3 is 3.11 bits per heavy atom. The van der Waals surface area contributed by atoms with Crippen LogP contribution in [0.4, 0.5) is 0 Å². The standard InChI is InChI=1S/C12H11BrN2O3/c13-10-9-5-7(12(16)17)1-3-15(9)11(14-10)8-2-4-18-6-8/h1,3,5,8H,2,4,6H2,(H,16,17). The van der Waals surface area contributed by atoms with Gasteiger partial charge in [-0.15, -0.1) is 0 Å². The highest BCUT2D eigenvalue weighted by atomic mass is 79.9. The zero-order valence-electron chi connectivity index (χ0n) is 9.47. The summed E-state index contributed by atoms with van der Waals surface area (Å²) in [7, 11) is 0. The molecule has 1 aliphatic rings. The lowest BCUT2D eigenvalue weighted by Gasteiger charge is -2.06. The third kappa shape index (κ3) is 1.81. The molecule has 1 unspecified atom stereocenters. The molecular weight excluding hydrogens is 300 g/mol. The lowest BCUT2D eigenvalue weighted by molar-refractivity contribution is 0.0697. The highest BCUT2D eigenvalue weighted by Crippen LogP contribution is 2.29. The van der Waals surface area contributed by atoms with Crippen LogP contribution in [-0.4, -0.2) is 33.7 Å². The van der Waals surface area contributed by atoms with E-state index in [1.165, 1.54) is 0 Å². The van der Waals surface area contributed by atoms with E-state index in [1.807, 2.05) is 4.40 Å². The Labute approximate surface area is 112 Å². The summed E-state index contributed by atoms with van der Waals surface area (Å²) in [4.78, 5) is 15.4. The fourth-order valence-corrected chi connectivity index (χ4v) is 2.72. The fraction of sp³-hybridized carbons (Fsp3) is 0.333. The Morgan fingerprint density at radius 1 is 1.61 bits per heavy atom. The van der Waals surface area contributed by atoms with Gasteiger partial charge in [0.25, 0.3) is 0 Å². The van der Waals surface area contributed by atoms with Gasteiger partial charge in [-0.3, -0.25) is 0 Å². The van der Waals surface area contributed by atoms with Crippen LogP contribution in [-0.2, 0) is 4.74 Å². The van der Waals surface area contributed by atoms with Crippen molar-refractivity contribution in [3.05, 3.63) is 34.3 Å². The van der Waals surface area contributed by atoms with E-state index in [9.17, 15) is 4.79 Å². The molecule has 3 heterocycles. The highest BCUT2D eigenvalue weighted by Gasteiger charge is 2.23. The SMILES string of the molecule is O=C(O)c1ccn2c(C3CCOC3)nc(Br)c2c1. The molecule has 0 amide bonds. The monoisotopic (exact) mass is 310 g/mol. The van der Waals surface area contributed by atoms with Crippen molar-refractivity contribution < 1.29 is 14.6 Å². The molecule has 1 saturated heterocycles. The van der Waals surface area contributed by atoms with Crippen molar-refractivity contribution in [2.75, 3.05) is 13.2 Å². The first kappa shape index (κ1) is 11.7. The molecule has 0 bridgehead atoms. The van der Waals surface area contributed by atoms with Gasteiger partial charge >= 0.3 is 5.97 Å². The quantitative estimate of drug-likeness (QED) is 0.924. The minimum atomic E-state index is -0.934. The Kier molecular flexibility index (Phi) is 2.83. The number of pyridine rings is 1. The second-order valence-electron chi connectivity index (χ2n) is 4.30. The highest BCUT2D eigenvalue weighted by molar-refractivity contribution is 9.10. The number of hydrogen-bond donors (Lipinski definition) is 1. The second kappa shape index (κ2) is 4.37. The van der Waals surface area contributed by atoms with Crippen molar-refractivity contribution in [3.8, 4) is 0 Å². The number of hydrogen-bond acceptors (Lipinski definition) is 3. The van der Waals surface area contributed by atoms with Crippen molar-refractivity contribution >= 4 is 27.4 Å². The summed E-state index contributed by atoms with van der Waals surface area (Å²) in [6.45, 7) is 1.43. The van der Waals surface area contributed by atoms with Crippen LogP contribution in [0.25, 0.3) is 5.52 Å². The molecule has 2 aromatic rings. The average Bonchev–Trinajstić information content (AvgIpc) is 2.97. The van der Waals surface area contributed by atoms with Gasteiger partial charge in [0.15, 0.2) is 0 Å². The van der Waals surface area contributed by atoms with Gasteiger partial charge in [0.1, 0.15) is 10.4 Å². The van der Waals surface area contributed by atoms with E-state index in [4.69, 9.17) is 9.84 Å². The Morgan fingerprint density at radius 2 is 2.44 bits per heavy atom. The van der Waals surface area contributed by atoms with Crippen LogP contribution in [0.2, 0.25) is 0 Å². The van der Waals surface area contributed by atoms with E-state index in [1.54, 1.807) is 18.3 Å². The van der Waals surface area contributed by atoms with Crippen LogP contribution in [0, 0.1) is 0 Å². The first-order chi connectivity index (χ1) is 8.66. The predicted octanol–water partition coefficient (Wildman–Crippen LogP) is 2.30. The van der Waals surface area contributed by atoms with Crippen molar-refractivity contribution in [1.82, 2.24) is 9.38 Å². The number of aromatic nitrogens is 2. The zero-order chi connectivity index (χ0) is 12.7. The molecule has 1 aliphatic heterocycles. The molecule has 18 heavy (non-hydrogen) atoms. The Hall–Kier alpha value is -1.40. The molecular formula is C12H11BrN2O3. The number of fused-ring (bicyclic) bond motifs is 1. The Balaban J connectivity index is 2.14. The van der Waals surface area contributed by atoms with E-state index >= 15 is 0 Å². The van der Waals surface area contributed by atoms with E-state index in [0.717, 1.165) is 24.4 Å². The Bertz CT molecular complexity index is 617. The van der Waals surface area contributed by atoms with Gasteiger partial charge in [0.2, 0.25) is 0 Å². The van der Waals surface area contributed by atoms with Gasteiger partial charge in [-0.05, 0) is 34.5 Å². The molecule has 3 rings (SSSR count). The van der Waals surface area contributed by atoms with Crippen molar-refractivity contribution in [2.45, 2.75) is 12.3 Å². The lowest BCUT2D eigenvalue weighted by Crippen LogP contribution is -2.04. The molecule has 94 valence electrons. The maximum Gasteiger partial charge on any atom is 0.335 e. The molecule has 2 aromatic heterocycles. The minimum absolute atomic E-state index is 0.261. The molecule has 1 fully saturated rings. The molecule has 0 spiro atoms. The van der Waals surface area contributed by atoms with Gasteiger partial charge < -0.3 is 14.2 Å². The number of imidazole rings is 1. The topological polar surface area (TPSA) is 63.8 Å². The van der Waals surface area contributed by atoms with Gasteiger partial charge in [-0.25, -0.2) is 9.78 Å². The van der Waals surface area contributed by atoms with E-state index in [0.29, 0.717) is 11.2 Å². The van der Waals surface area contributed by atoms with Crippen LogP contribution in [0.3, 0.4) is 0 Å². The smallest absolute Gasteiger partial charge is 0.335 e. The average molecular weight is 311 g/mol. The number of nitrogens with zero attached hydrogens (tertiary/aromatic N) is 2. The van der Waals surface area contributed by atoms with E-state index in [-0.39, 0.29) is 11.5 Å². The summed E-state index contributed by atoms with van der Waals surface area (Å²) >= 11 is 3.38. The van der Waals surface area contributed by atoms with Crippen molar-refractivity contribution in [2.24, 2.45) is 0 Å². The lowest BCUT2D eigenvalue weighted by atomic mass is 10.1. The van der Waals surface area contributed by atoms with Crippen molar-refractivity contribution in [1.29, 1.82) is 0 Å². The number of carboxylic acids is 1. The van der Waals surface area contributed by atoms with Crippen LogP contribution in [0.15, 0.2) is 22.9 Å². The summed E-state index contributed by atoms with van der Waals surface area (Å²) in [5, 5.41) is 8.99. The molecule has 1 atom stereocenters. The van der Waals surface area contributed by atoms with Gasteiger partial charge in [-0.2, -0.15) is 0 Å². The van der Waals surface area contributed by atoms with Crippen molar-refractivity contribution in [3.63, 3.8) is 0 Å². The van der Waals surface area contributed by atoms with Crippen LogP contribution < -0.4 is 0 Å². The first-order valence-corrected chi connectivity index (χ1v) is 6.44. The maximum atomic E-state index is 11.0. The fourth-order valence-electron chi connectivity index (χ4n) is 2.23. The third-order valence-corrected chi connectivity index (χ3v) is 3.75. The molecule has 0 saturated carbocycles. The number of carbonyl (C=O) groups is 1. The summed E-state index contributed by atoms with van der Waals surface area (Å²) in [5.41, 5.74) is 1.04. The first-order valence-electron chi connectivity index (χ1n) is 5.65. The largest absolute Gasteiger partial charge is 0.478 e. The number of ether oxygens (including phenoxy) is 1. The van der Waals surface area contributed by atoms with Crippen LogP contribution in [0.1, 0.15) is 28.5 Å². The number of rotatable bonds is 2. The number of carboxylic acid groups (broad SMARTS) is 1. The molecule has 0 radical (unpaired) electrons. The van der Waals surface area contributed by atoms with Crippen LogP contribution in [0.5, 0.6) is 0 Å². The third-order valence-electron chi connectivity index (χ3n) is 3.17. The molecule has 0 aromatic carbocycles.